The van der Waals surface area contributed by atoms with E-state index in [0.717, 1.165) is 10.6 Å². The number of rotatable bonds is 3. The van der Waals surface area contributed by atoms with Crippen LogP contribution in [-0.4, -0.2) is 16.8 Å². The van der Waals surface area contributed by atoms with Crippen molar-refractivity contribution in [2.24, 2.45) is 0 Å². The zero-order valence-corrected chi connectivity index (χ0v) is 15.9. The second kappa shape index (κ2) is 7.53. The maximum absolute atomic E-state index is 12.3. The van der Waals surface area contributed by atoms with Gasteiger partial charge in [0.15, 0.2) is 0 Å². The van der Waals surface area contributed by atoms with E-state index in [-0.39, 0.29) is 15.6 Å². The van der Waals surface area contributed by atoms with E-state index < -0.39 is 11.8 Å². The van der Waals surface area contributed by atoms with Crippen molar-refractivity contribution in [2.75, 3.05) is 0 Å². The van der Waals surface area contributed by atoms with Crippen LogP contribution < -0.4 is 10.9 Å². The number of thiophene rings is 1. The van der Waals surface area contributed by atoms with Gasteiger partial charge in [-0.15, -0.1) is 11.3 Å². The highest BCUT2D eigenvalue weighted by Gasteiger charge is 2.19. The van der Waals surface area contributed by atoms with Crippen molar-refractivity contribution in [3.05, 3.63) is 61.2 Å². The third-order valence-electron chi connectivity index (χ3n) is 3.25. The topological polar surface area (TPSA) is 71.1 Å². The van der Waals surface area contributed by atoms with Crippen LogP contribution >= 0.6 is 45.9 Å². The third kappa shape index (κ3) is 3.85. The van der Waals surface area contributed by atoms with Gasteiger partial charge < -0.3 is 0 Å². The zero-order chi connectivity index (χ0) is 18.0. The maximum Gasteiger partial charge on any atom is 0.281 e. The van der Waals surface area contributed by atoms with Gasteiger partial charge in [0.1, 0.15) is 9.88 Å². The van der Waals surface area contributed by atoms with Gasteiger partial charge in [0.25, 0.3) is 11.8 Å². The predicted octanol–water partition coefficient (Wildman–Crippen LogP) is 4.56. The molecule has 0 fully saturated rings. The van der Waals surface area contributed by atoms with Crippen molar-refractivity contribution >= 4 is 57.7 Å². The summed E-state index contributed by atoms with van der Waals surface area (Å²) < 4.78 is 0. The molecule has 2 aromatic heterocycles. The highest BCUT2D eigenvalue weighted by Crippen LogP contribution is 2.29. The van der Waals surface area contributed by atoms with E-state index in [4.69, 9.17) is 23.2 Å². The Kier molecular flexibility index (Phi) is 5.39. The van der Waals surface area contributed by atoms with Crippen molar-refractivity contribution in [1.29, 1.82) is 0 Å². The number of carbonyl (C=O) groups is 2. The number of aromatic nitrogens is 1. The minimum Gasteiger partial charge on any atom is -0.267 e. The van der Waals surface area contributed by atoms with Crippen LogP contribution in [-0.2, 0) is 0 Å². The summed E-state index contributed by atoms with van der Waals surface area (Å²) in [6, 6.07) is 6.66. The average molecular weight is 412 g/mol. The smallest absolute Gasteiger partial charge is 0.267 e. The summed E-state index contributed by atoms with van der Waals surface area (Å²) >= 11 is 14.8. The van der Waals surface area contributed by atoms with E-state index >= 15 is 0 Å². The second-order valence-electron chi connectivity index (χ2n) is 4.95. The number of benzene rings is 1. The van der Waals surface area contributed by atoms with Gasteiger partial charge >= 0.3 is 0 Å². The van der Waals surface area contributed by atoms with Crippen LogP contribution in [0.1, 0.15) is 25.7 Å². The van der Waals surface area contributed by atoms with Crippen LogP contribution in [0.2, 0.25) is 10.0 Å². The monoisotopic (exact) mass is 411 g/mol. The Hall–Kier alpha value is -1.93. The van der Waals surface area contributed by atoms with Gasteiger partial charge in [-0.05, 0) is 30.5 Å². The van der Waals surface area contributed by atoms with Gasteiger partial charge in [-0.2, -0.15) is 11.3 Å². The van der Waals surface area contributed by atoms with Crippen LogP contribution in [0.4, 0.5) is 0 Å². The van der Waals surface area contributed by atoms with Gasteiger partial charge in [0.2, 0.25) is 0 Å². The molecular weight excluding hydrogens is 401 g/mol. The molecule has 0 aliphatic rings. The van der Waals surface area contributed by atoms with E-state index in [9.17, 15) is 9.59 Å². The zero-order valence-electron chi connectivity index (χ0n) is 12.8. The van der Waals surface area contributed by atoms with Crippen molar-refractivity contribution < 1.29 is 9.59 Å². The molecule has 1 aromatic carbocycles. The molecule has 3 rings (SSSR count). The van der Waals surface area contributed by atoms with Gasteiger partial charge in [-0.1, -0.05) is 29.3 Å². The fraction of sp³-hybridized carbons (Fsp3) is 0.0625. The first-order chi connectivity index (χ1) is 12.0. The number of hydrazine groups is 1. The van der Waals surface area contributed by atoms with Gasteiger partial charge in [-0.25, -0.2) is 4.98 Å². The molecule has 2 amide bonds. The molecule has 128 valence electrons. The molecule has 5 nitrogen and oxygen atoms in total. The molecule has 25 heavy (non-hydrogen) atoms. The fourth-order valence-electron chi connectivity index (χ4n) is 2.06. The molecule has 0 radical (unpaired) electrons. The van der Waals surface area contributed by atoms with E-state index in [2.05, 4.69) is 15.8 Å². The maximum atomic E-state index is 12.3. The number of amides is 2. The molecule has 0 atom stereocenters. The summed E-state index contributed by atoms with van der Waals surface area (Å²) in [5.41, 5.74) is 6.35. The molecule has 0 saturated heterocycles. The summed E-state index contributed by atoms with van der Waals surface area (Å²) in [5, 5.41) is 5.06. The number of thiazole rings is 1. The van der Waals surface area contributed by atoms with E-state index in [1.165, 1.54) is 11.3 Å². The number of nitrogens with zero attached hydrogens (tertiary/aromatic N) is 1. The van der Waals surface area contributed by atoms with Crippen LogP contribution in [0.25, 0.3) is 10.6 Å². The van der Waals surface area contributed by atoms with Crippen LogP contribution in [0.3, 0.4) is 0 Å². The van der Waals surface area contributed by atoms with Crippen LogP contribution in [0.5, 0.6) is 0 Å². The average Bonchev–Trinajstić information content (AvgIpc) is 3.21. The third-order valence-corrected chi connectivity index (χ3v) is 5.77. The molecule has 0 bridgehead atoms. The second-order valence-corrected chi connectivity index (χ2v) is 7.54. The number of aryl methyl sites for hydroxylation is 1. The molecule has 0 aliphatic carbocycles. The lowest BCUT2D eigenvalue weighted by atomic mass is 10.2. The SMILES string of the molecule is Cc1nc(-c2ccsc2)sc1C(=O)NNC(=O)c1c(Cl)cccc1Cl. The summed E-state index contributed by atoms with van der Waals surface area (Å²) in [4.78, 5) is 29.3. The lowest BCUT2D eigenvalue weighted by Gasteiger charge is -2.09. The molecule has 0 saturated carbocycles. The number of nitrogens with one attached hydrogen (secondary N) is 2. The quantitative estimate of drug-likeness (QED) is 0.620. The molecule has 2 heterocycles. The Morgan fingerprint density at radius 3 is 2.40 bits per heavy atom. The predicted molar refractivity (Wildman–Crippen MR) is 102 cm³/mol. The minimum atomic E-state index is -0.593. The number of hydrogen-bond acceptors (Lipinski definition) is 5. The molecule has 0 spiro atoms. The Balaban J connectivity index is 1.72. The lowest BCUT2D eigenvalue weighted by molar-refractivity contribution is 0.0848. The summed E-state index contributed by atoms with van der Waals surface area (Å²) in [6.07, 6.45) is 0. The summed E-state index contributed by atoms with van der Waals surface area (Å²) in [5.74, 6) is -1.04. The first-order valence-electron chi connectivity index (χ1n) is 7.02. The summed E-state index contributed by atoms with van der Waals surface area (Å²) in [7, 11) is 0. The van der Waals surface area contributed by atoms with Crippen molar-refractivity contribution in [2.45, 2.75) is 6.92 Å². The van der Waals surface area contributed by atoms with E-state index in [1.807, 2.05) is 16.8 Å². The normalized spacial score (nSPS) is 10.5. The van der Waals surface area contributed by atoms with Crippen molar-refractivity contribution in [1.82, 2.24) is 15.8 Å². The molecule has 3 aromatic rings. The largest absolute Gasteiger partial charge is 0.281 e. The number of hydrogen-bond donors (Lipinski definition) is 2. The summed E-state index contributed by atoms with van der Waals surface area (Å²) in [6.45, 7) is 1.74. The van der Waals surface area contributed by atoms with E-state index in [1.54, 1.807) is 36.5 Å². The fourth-order valence-corrected chi connectivity index (χ4v) is 4.31. The Morgan fingerprint density at radius 1 is 1.08 bits per heavy atom. The highest BCUT2D eigenvalue weighted by molar-refractivity contribution is 7.17. The van der Waals surface area contributed by atoms with E-state index in [0.29, 0.717) is 10.6 Å². The molecule has 9 heteroatoms. The van der Waals surface area contributed by atoms with Crippen molar-refractivity contribution in [3.8, 4) is 10.6 Å². The number of halogens is 2. The standard InChI is InChI=1S/C16H11Cl2N3O2S2/c1-8-13(25-16(19-8)9-5-6-24-7-9)15(23)21-20-14(22)12-10(17)3-2-4-11(12)18/h2-7H,1H3,(H,20,22)(H,21,23). The Bertz CT molecular complexity index is 919. The van der Waals surface area contributed by atoms with Gasteiger partial charge in [-0.3, -0.25) is 20.4 Å². The number of carbonyl (C=O) groups excluding carboxylic acids is 2. The highest BCUT2D eigenvalue weighted by atomic mass is 35.5. The van der Waals surface area contributed by atoms with Crippen LogP contribution in [0, 0.1) is 6.92 Å². The first-order valence-corrected chi connectivity index (χ1v) is 9.53. The first kappa shape index (κ1) is 17.9. The molecule has 2 N–H and O–H groups in total. The Morgan fingerprint density at radius 2 is 1.76 bits per heavy atom. The van der Waals surface area contributed by atoms with Gasteiger partial charge in [0, 0.05) is 10.9 Å². The molecule has 0 aliphatic heterocycles. The molecular formula is C16H11Cl2N3O2S2. The van der Waals surface area contributed by atoms with Gasteiger partial charge in [0.05, 0.1) is 21.3 Å². The lowest BCUT2D eigenvalue weighted by Crippen LogP contribution is -2.41. The Labute approximate surface area is 161 Å². The molecule has 0 unspecified atom stereocenters. The van der Waals surface area contributed by atoms with Crippen LogP contribution in [0.15, 0.2) is 35.0 Å². The minimum absolute atomic E-state index is 0.103. The van der Waals surface area contributed by atoms with Crippen molar-refractivity contribution in [3.63, 3.8) is 0 Å².